The maximum atomic E-state index is 13.7. The predicted molar refractivity (Wildman–Crippen MR) is 143 cm³/mol. The molecule has 1 fully saturated rings. The van der Waals surface area contributed by atoms with Crippen LogP contribution in [0.15, 0.2) is 81.2 Å². The van der Waals surface area contributed by atoms with Crippen LogP contribution in [0.2, 0.25) is 0 Å². The molecule has 4 aromatic rings. The molecule has 1 saturated heterocycles. The van der Waals surface area contributed by atoms with Gasteiger partial charge in [0.25, 0.3) is 5.69 Å². The molecule has 3 amide bonds. The number of nitro groups is 1. The number of hydrogen-bond acceptors (Lipinski definition) is 9. The van der Waals surface area contributed by atoms with Gasteiger partial charge in [0.1, 0.15) is 23.4 Å². The number of nitrogens with zero attached hydrogens (tertiary/aromatic N) is 3. The largest absolute Gasteiger partial charge is 0.469 e. The normalized spacial score (nSPS) is 19.8. The van der Waals surface area contributed by atoms with Crippen molar-refractivity contribution in [2.45, 2.75) is 22.7 Å². The van der Waals surface area contributed by atoms with Crippen LogP contribution in [0.1, 0.15) is 16.6 Å². The number of hydrogen-bond donors (Lipinski definition) is 1. The number of non-ortho nitro benzene ring substituents is 1. The summed E-state index contributed by atoms with van der Waals surface area (Å²) in [5.74, 6) is -3.36. The summed E-state index contributed by atoms with van der Waals surface area (Å²) in [6.07, 6.45) is 1.43. The third-order valence-electron chi connectivity index (χ3n) is 6.65. The van der Waals surface area contributed by atoms with Crippen molar-refractivity contribution in [1.29, 1.82) is 0 Å². The quantitative estimate of drug-likeness (QED) is 0.205. The molecule has 4 heterocycles. The molecule has 14 heteroatoms. The molecule has 3 atom stereocenters. The van der Waals surface area contributed by atoms with Crippen molar-refractivity contribution in [3.63, 3.8) is 0 Å². The van der Waals surface area contributed by atoms with E-state index in [0.717, 1.165) is 28.0 Å². The van der Waals surface area contributed by atoms with Crippen LogP contribution in [0, 0.1) is 21.8 Å². The maximum Gasteiger partial charge on any atom is 0.308 e. The zero-order chi connectivity index (χ0) is 28.1. The number of carbonyl (C=O) groups is 3. The number of halogens is 1. The molecule has 1 N–H and O–H groups in total. The Bertz CT molecular complexity index is 1720. The Balaban J connectivity index is 1.36. The first-order valence-corrected chi connectivity index (χ1v) is 13.5. The van der Waals surface area contributed by atoms with Gasteiger partial charge in [0.15, 0.2) is 0 Å². The monoisotopic (exact) mass is 580 g/mol. The van der Waals surface area contributed by atoms with Crippen LogP contribution in [-0.2, 0) is 20.9 Å². The number of carbonyl (C=O) groups excluding carboxylic acids is 3. The van der Waals surface area contributed by atoms with Gasteiger partial charge in [0, 0.05) is 17.8 Å². The molecule has 202 valence electrons. The van der Waals surface area contributed by atoms with Crippen LogP contribution in [-0.4, -0.2) is 32.5 Å². The van der Waals surface area contributed by atoms with Crippen LogP contribution >= 0.6 is 23.1 Å². The Kier molecular flexibility index (Phi) is 6.35. The van der Waals surface area contributed by atoms with Crippen molar-refractivity contribution < 1.29 is 28.1 Å². The number of thioether (sulfide) groups is 1. The fourth-order valence-electron chi connectivity index (χ4n) is 4.89. The average molecular weight is 581 g/mol. The van der Waals surface area contributed by atoms with E-state index in [2.05, 4.69) is 5.32 Å². The smallest absolute Gasteiger partial charge is 0.308 e. The average Bonchev–Trinajstić information content (AvgIpc) is 3.63. The first-order chi connectivity index (χ1) is 19.2. The van der Waals surface area contributed by atoms with Gasteiger partial charge in [0.2, 0.25) is 17.7 Å². The van der Waals surface area contributed by atoms with E-state index in [-0.39, 0.29) is 17.9 Å². The minimum atomic E-state index is -0.939. The third kappa shape index (κ3) is 4.30. The highest BCUT2D eigenvalue weighted by Gasteiger charge is 2.57. The lowest BCUT2D eigenvalue weighted by Gasteiger charge is -2.29. The fourth-order valence-corrected chi connectivity index (χ4v) is 7.64. The first-order valence-electron chi connectivity index (χ1n) is 11.8. The minimum Gasteiger partial charge on any atom is -0.469 e. The first kappa shape index (κ1) is 25.7. The summed E-state index contributed by atoms with van der Waals surface area (Å²) < 4.78 is 20.1. The Morgan fingerprint density at radius 1 is 1.05 bits per heavy atom. The number of rotatable bonds is 6. The van der Waals surface area contributed by atoms with Crippen LogP contribution in [0.25, 0.3) is 0 Å². The molecular weight excluding hydrogens is 563 g/mol. The molecule has 2 aliphatic heterocycles. The molecule has 0 spiro atoms. The van der Waals surface area contributed by atoms with E-state index >= 15 is 0 Å². The van der Waals surface area contributed by atoms with Gasteiger partial charge in [-0.25, -0.2) is 9.29 Å². The number of aromatic nitrogens is 1. The van der Waals surface area contributed by atoms with Crippen molar-refractivity contribution in [2.75, 3.05) is 10.2 Å². The highest BCUT2D eigenvalue weighted by molar-refractivity contribution is 8.00. The Labute approximate surface area is 232 Å². The van der Waals surface area contributed by atoms with Gasteiger partial charge in [-0.1, -0.05) is 23.1 Å². The zero-order valence-electron chi connectivity index (χ0n) is 20.2. The van der Waals surface area contributed by atoms with Crippen LogP contribution < -0.4 is 15.1 Å². The van der Waals surface area contributed by atoms with E-state index in [1.54, 1.807) is 12.1 Å². The van der Waals surface area contributed by atoms with Crippen molar-refractivity contribution in [1.82, 2.24) is 4.57 Å². The van der Waals surface area contributed by atoms with Gasteiger partial charge in [0.05, 0.1) is 38.6 Å². The molecule has 0 bridgehead atoms. The van der Waals surface area contributed by atoms with E-state index in [0.29, 0.717) is 21.4 Å². The molecule has 2 aromatic heterocycles. The van der Waals surface area contributed by atoms with E-state index in [1.807, 2.05) is 0 Å². The second-order valence-corrected chi connectivity index (χ2v) is 11.1. The number of imide groups is 1. The summed E-state index contributed by atoms with van der Waals surface area (Å²) in [7, 11) is 0. The molecule has 6 rings (SSSR count). The van der Waals surface area contributed by atoms with Crippen molar-refractivity contribution in [3.05, 3.63) is 103 Å². The summed E-state index contributed by atoms with van der Waals surface area (Å²) in [6, 6.07) is 13.6. The van der Waals surface area contributed by atoms with Crippen molar-refractivity contribution in [3.8, 4) is 0 Å². The molecule has 2 aromatic carbocycles. The number of nitrogens with one attached hydrogen (secondary N) is 1. The van der Waals surface area contributed by atoms with Gasteiger partial charge in [-0.15, -0.1) is 0 Å². The maximum absolute atomic E-state index is 13.7. The number of furan rings is 1. The number of nitro benzene ring substituents is 1. The number of thiazole rings is 1. The Morgan fingerprint density at radius 3 is 2.42 bits per heavy atom. The second kappa shape index (κ2) is 9.88. The highest BCUT2D eigenvalue weighted by atomic mass is 32.2. The van der Waals surface area contributed by atoms with E-state index < -0.39 is 50.4 Å². The fraction of sp³-hybridized carbons (Fsp3) is 0.154. The van der Waals surface area contributed by atoms with Crippen LogP contribution in [0.5, 0.6) is 0 Å². The molecule has 2 aliphatic rings. The summed E-state index contributed by atoms with van der Waals surface area (Å²) >= 11 is 1.89. The van der Waals surface area contributed by atoms with Crippen molar-refractivity contribution >= 4 is 57.9 Å². The Morgan fingerprint density at radius 2 is 1.77 bits per heavy atom. The number of benzene rings is 2. The van der Waals surface area contributed by atoms with Gasteiger partial charge in [-0.3, -0.25) is 33.9 Å². The third-order valence-corrected chi connectivity index (χ3v) is 9.25. The van der Waals surface area contributed by atoms with Crippen LogP contribution in [0.3, 0.4) is 0 Å². The van der Waals surface area contributed by atoms with Gasteiger partial charge in [-0.2, -0.15) is 0 Å². The van der Waals surface area contributed by atoms with Gasteiger partial charge >= 0.3 is 4.87 Å². The summed E-state index contributed by atoms with van der Waals surface area (Å²) in [6.45, 7) is -0.370. The standard InChI is InChI=1S/C26H17FN4O7S2/c27-13-3-5-14(6-4-13)28-18(32)12-29-25-22(40-26(29)35)19(17-2-1-11-38-17)20-21(39-25)24(34)30(23(20)33)15-7-9-16(10-8-15)31(36)37/h1-11,19-21H,12H2,(H,28,32)/t19-,20?,21?/m1/s1. The summed E-state index contributed by atoms with van der Waals surface area (Å²) in [5.41, 5.74) is 0.349. The lowest BCUT2D eigenvalue weighted by Crippen LogP contribution is -2.32. The number of amides is 3. The van der Waals surface area contributed by atoms with Gasteiger partial charge < -0.3 is 9.73 Å². The topological polar surface area (TPSA) is 145 Å². The van der Waals surface area contributed by atoms with Crippen LogP contribution in [0.4, 0.5) is 21.5 Å². The van der Waals surface area contributed by atoms with E-state index in [9.17, 15) is 33.7 Å². The molecule has 11 nitrogen and oxygen atoms in total. The SMILES string of the molecule is O=C(Cn1c2c(sc1=O)[C@H](c1ccco1)C1C(=O)N(c3ccc([N+](=O)[O-])cc3)C(=O)C1S2)Nc1ccc(F)cc1. The minimum absolute atomic E-state index is 0.187. The molecule has 0 radical (unpaired) electrons. The molecule has 0 saturated carbocycles. The number of fused-ring (bicyclic) bond motifs is 2. The van der Waals surface area contributed by atoms with E-state index in [4.69, 9.17) is 4.42 Å². The Hall–Kier alpha value is -4.56. The highest BCUT2D eigenvalue weighted by Crippen LogP contribution is 2.54. The molecule has 2 unspecified atom stereocenters. The summed E-state index contributed by atoms with van der Waals surface area (Å²) in [4.78, 5) is 64.8. The molecule has 40 heavy (non-hydrogen) atoms. The predicted octanol–water partition coefficient (Wildman–Crippen LogP) is 3.98. The summed E-state index contributed by atoms with van der Waals surface area (Å²) in [5, 5.41) is 13.1. The number of anilines is 2. The lowest BCUT2D eigenvalue weighted by atomic mass is 9.87. The molecule has 0 aliphatic carbocycles. The van der Waals surface area contributed by atoms with Crippen molar-refractivity contribution in [2.24, 2.45) is 5.92 Å². The lowest BCUT2D eigenvalue weighted by molar-refractivity contribution is -0.384. The molecular formula is C26H17FN4O7S2. The zero-order valence-corrected chi connectivity index (χ0v) is 21.8. The van der Waals surface area contributed by atoms with E-state index in [1.165, 1.54) is 59.4 Å². The second-order valence-electron chi connectivity index (χ2n) is 9.02. The van der Waals surface area contributed by atoms with Gasteiger partial charge in [-0.05, 0) is 48.5 Å².